The Labute approximate surface area is 124 Å². The van der Waals surface area contributed by atoms with E-state index in [-0.39, 0.29) is 18.1 Å². The Kier molecular flexibility index (Phi) is 6.29. The zero-order valence-electron chi connectivity index (χ0n) is 12.9. The number of carbonyl (C=O) groups excluding carboxylic acids is 1. The third-order valence-corrected chi connectivity index (χ3v) is 3.05. The van der Waals surface area contributed by atoms with Crippen LogP contribution >= 0.6 is 0 Å². The van der Waals surface area contributed by atoms with Crippen molar-refractivity contribution in [2.75, 3.05) is 13.1 Å². The van der Waals surface area contributed by atoms with E-state index in [0.29, 0.717) is 18.6 Å². The third-order valence-electron chi connectivity index (χ3n) is 3.05. The van der Waals surface area contributed by atoms with E-state index >= 15 is 0 Å². The van der Waals surface area contributed by atoms with Gasteiger partial charge in [0.25, 0.3) is 5.91 Å². The monoisotopic (exact) mass is 297 g/mol. The number of carboxylic acid groups (broad SMARTS) is 1. The summed E-state index contributed by atoms with van der Waals surface area (Å²) in [6.07, 6.45) is 1.33. The molecule has 0 spiro atoms. The average Bonchev–Trinajstić information content (AvgIpc) is 2.80. The predicted molar refractivity (Wildman–Crippen MR) is 77.0 cm³/mol. The van der Waals surface area contributed by atoms with Gasteiger partial charge in [-0.15, -0.1) is 5.10 Å². The Hall–Kier alpha value is -1.96. The normalized spacial score (nSPS) is 11.4. The van der Waals surface area contributed by atoms with E-state index in [1.807, 2.05) is 0 Å². The molecule has 1 amide bonds. The van der Waals surface area contributed by atoms with Crippen molar-refractivity contribution < 1.29 is 14.7 Å². The van der Waals surface area contributed by atoms with E-state index in [1.54, 1.807) is 0 Å². The van der Waals surface area contributed by atoms with Gasteiger partial charge in [0.05, 0.1) is 6.20 Å². The molecule has 0 fully saturated rings. The second-order valence-corrected chi connectivity index (χ2v) is 5.38. The summed E-state index contributed by atoms with van der Waals surface area (Å²) in [7, 11) is 0. The number of rotatable bonds is 8. The highest BCUT2D eigenvalue weighted by Crippen LogP contribution is 2.03. The number of hydrogen-bond donors (Lipinski definition) is 2. The lowest BCUT2D eigenvalue weighted by Crippen LogP contribution is -2.42. The van der Waals surface area contributed by atoms with Crippen molar-refractivity contribution in [1.82, 2.24) is 25.2 Å². The molecule has 2 N–H and O–H groups in total. The van der Waals surface area contributed by atoms with Crippen LogP contribution in [0.25, 0.3) is 0 Å². The van der Waals surface area contributed by atoms with Gasteiger partial charge in [-0.05, 0) is 27.7 Å². The van der Waals surface area contributed by atoms with Gasteiger partial charge in [-0.2, -0.15) is 0 Å². The third kappa shape index (κ3) is 5.50. The molecule has 0 radical (unpaired) electrons. The van der Waals surface area contributed by atoms with Gasteiger partial charge in [0.2, 0.25) is 0 Å². The van der Waals surface area contributed by atoms with Crippen molar-refractivity contribution in [3.8, 4) is 0 Å². The topological polar surface area (TPSA) is 100 Å². The molecule has 1 aromatic heterocycles. The maximum atomic E-state index is 11.9. The van der Waals surface area contributed by atoms with Crippen LogP contribution in [0.4, 0.5) is 0 Å². The number of nitrogens with zero attached hydrogens (tertiary/aromatic N) is 4. The Balaban J connectivity index is 2.46. The molecule has 0 saturated carbocycles. The highest BCUT2D eigenvalue weighted by atomic mass is 16.4. The molecule has 0 aliphatic rings. The molecule has 21 heavy (non-hydrogen) atoms. The lowest BCUT2D eigenvalue weighted by molar-refractivity contribution is -0.137. The van der Waals surface area contributed by atoms with Crippen LogP contribution in [0.2, 0.25) is 0 Å². The number of nitrogens with one attached hydrogen (secondary N) is 1. The van der Waals surface area contributed by atoms with E-state index in [4.69, 9.17) is 5.11 Å². The second kappa shape index (κ2) is 7.72. The summed E-state index contributed by atoms with van der Waals surface area (Å²) in [6.45, 7) is 9.37. The van der Waals surface area contributed by atoms with Crippen LogP contribution < -0.4 is 5.32 Å². The SMILES string of the molecule is CC(C)N(CCNC(=O)c1cn(CC(=O)O)nn1)C(C)C. The summed E-state index contributed by atoms with van der Waals surface area (Å²) in [4.78, 5) is 24.7. The van der Waals surface area contributed by atoms with Crippen LogP contribution in [0, 0.1) is 0 Å². The molecule has 8 nitrogen and oxygen atoms in total. The number of aromatic nitrogens is 3. The Morgan fingerprint density at radius 1 is 1.33 bits per heavy atom. The highest BCUT2D eigenvalue weighted by Gasteiger charge is 2.15. The second-order valence-electron chi connectivity index (χ2n) is 5.38. The molecule has 0 bridgehead atoms. The van der Waals surface area contributed by atoms with Crippen molar-refractivity contribution in [1.29, 1.82) is 0 Å². The first kappa shape index (κ1) is 17.1. The highest BCUT2D eigenvalue weighted by molar-refractivity contribution is 5.91. The van der Waals surface area contributed by atoms with E-state index < -0.39 is 5.97 Å². The molecule has 1 aromatic rings. The fraction of sp³-hybridized carbons (Fsp3) is 0.692. The summed E-state index contributed by atoms with van der Waals surface area (Å²) in [6, 6.07) is 0.802. The van der Waals surface area contributed by atoms with Crippen LogP contribution in [0.1, 0.15) is 38.2 Å². The van der Waals surface area contributed by atoms with Gasteiger partial charge in [-0.3, -0.25) is 14.5 Å². The molecule has 0 aliphatic carbocycles. The first-order chi connectivity index (χ1) is 9.81. The van der Waals surface area contributed by atoms with Crippen LogP contribution in [0.15, 0.2) is 6.20 Å². The lowest BCUT2D eigenvalue weighted by Gasteiger charge is -2.30. The fourth-order valence-corrected chi connectivity index (χ4v) is 2.12. The number of hydrogen-bond acceptors (Lipinski definition) is 5. The molecule has 1 heterocycles. The van der Waals surface area contributed by atoms with Gasteiger partial charge < -0.3 is 10.4 Å². The molecule has 0 aliphatic heterocycles. The summed E-state index contributed by atoms with van der Waals surface area (Å²) < 4.78 is 1.12. The van der Waals surface area contributed by atoms with E-state index in [0.717, 1.165) is 11.2 Å². The quantitative estimate of drug-likeness (QED) is 0.711. The van der Waals surface area contributed by atoms with Crippen molar-refractivity contribution >= 4 is 11.9 Å². The average molecular weight is 297 g/mol. The fourth-order valence-electron chi connectivity index (χ4n) is 2.12. The molecular formula is C13H23N5O3. The molecule has 118 valence electrons. The van der Waals surface area contributed by atoms with Crippen molar-refractivity contribution in [3.05, 3.63) is 11.9 Å². The van der Waals surface area contributed by atoms with E-state index in [9.17, 15) is 9.59 Å². The molecule has 0 unspecified atom stereocenters. The van der Waals surface area contributed by atoms with Gasteiger partial charge >= 0.3 is 5.97 Å². The number of carbonyl (C=O) groups is 2. The Morgan fingerprint density at radius 3 is 2.48 bits per heavy atom. The maximum Gasteiger partial charge on any atom is 0.325 e. The number of aliphatic carboxylic acids is 1. The Bertz CT molecular complexity index is 476. The van der Waals surface area contributed by atoms with Gasteiger partial charge in [0.15, 0.2) is 5.69 Å². The number of carboxylic acids is 1. The number of amides is 1. The smallest absolute Gasteiger partial charge is 0.325 e. The molecule has 0 saturated heterocycles. The zero-order chi connectivity index (χ0) is 16.0. The van der Waals surface area contributed by atoms with Gasteiger partial charge in [0.1, 0.15) is 6.54 Å². The van der Waals surface area contributed by atoms with Crippen LogP contribution in [-0.2, 0) is 11.3 Å². The van der Waals surface area contributed by atoms with E-state index in [2.05, 4.69) is 48.2 Å². The molecule has 0 aromatic carbocycles. The summed E-state index contributed by atoms with van der Waals surface area (Å²) in [5, 5.41) is 18.6. The van der Waals surface area contributed by atoms with Gasteiger partial charge in [0, 0.05) is 25.2 Å². The first-order valence-corrected chi connectivity index (χ1v) is 6.97. The molecule has 8 heteroatoms. The van der Waals surface area contributed by atoms with Crippen LogP contribution in [-0.4, -0.2) is 62.0 Å². The Morgan fingerprint density at radius 2 is 1.95 bits per heavy atom. The van der Waals surface area contributed by atoms with Crippen molar-refractivity contribution in [2.24, 2.45) is 0 Å². The molecular weight excluding hydrogens is 274 g/mol. The van der Waals surface area contributed by atoms with E-state index in [1.165, 1.54) is 6.20 Å². The lowest BCUT2D eigenvalue weighted by atomic mass is 10.2. The zero-order valence-corrected chi connectivity index (χ0v) is 12.9. The van der Waals surface area contributed by atoms with Crippen molar-refractivity contribution in [2.45, 2.75) is 46.3 Å². The largest absolute Gasteiger partial charge is 0.480 e. The minimum Gasteiger partial charge on any atom is -0.480 e. The summed E-state index contributed by atoms with van der Waals surface area (Å²) in [5.74, 6) is -1.38. The minimum absolute atomic E-state index is 0.122. The first-order valence-electron chi connectivity index (χ1n) is 6.97. The molecule has 0 atom stereocenters. The maximum absolute atomic E-state index is 11.9. The summed E-state index contributed by atoms with van der Waals surface area (Å²) in [5.41, 5.74) is 0.122. The molecule has 1 rings (SSSR count). The van der Waals surface area contributed by atoms with Crippen LogP contribution in [0.3, 0.4) is 0 Å². The van der Waals surface area contributed by atoms with Crippen LogP contribution in [0.5, 0.6) is 0 Å². The van der Waals surface area contributed by atoms with Crippen molar-refractivity contribution in [3.63, 3.8) is 0 Å². The van der Waals surface area contributed by atoms with Gasteiger partial charge in [-0.25, -0.2) is 4.68 Å². The summed E-state index contributed by atoms with van der Waals surface area (Å²) >= 11 is 0. The van der Waals surface area contributed by atoms with Gasteiger partial charge in [-0.1, -0.05) is 5.21 Å². The minimum atomic E-state index is -1.03. The predicted octanol–water partition coefficient (Wildman–Crippen LogP) is 0.211. The standard InChI is InChI=1S/C13H23N5O3/c1-9(2)18(10(3)4)6-5-14-13(21)11-7-17(16-15-11)8-12(19)20/h7,9-10H,5-6,8H2,1-4H3,(H,14,21)(H,19,20).